The van der Waals surface area contributed by atoms with Crippen molar-refractivity contribution in [3.05, 3.63) is 68.3 Å². The van der Waals surface area contributed by atoms with E-state index in [9.17, 15) is 14.7 Å². The number of carbonyl (C=O) groups excluding carboxylic acids is 2. The van der Waals surface area contributed by atoms with Crippen molar-refractivity contribution in [2.75, 3.05) is 26.9 Å². The van der Waals surface area contributed by atoms with Gasteiger partial charge in [-0.05, 0) is 77.5 Å². The van der Waals surface area contributed by atoms with Crippen molar-refractivity contribution in [1.82, 2.24) is 0 Å². The number of phenols is 1. The van der Waals surface area contributed by atoms with Gasteiger partial charge in [-0.1, -0.05) is 23.7 Å². The molecule has 4 rings (SSSR count). The summed E-state index contributed by atoms with van der Waals surface area (Å²) in [5.74, 6) is -1.64. The standard InChI is InChI=1S/C28H29BrClNO6/c1-4-36-23-14-18(11-20(29)27(23)33)25-24(28(34)37-10-9-35-3)15(2)31-21-12-17(13-22(32)26(21)25)16-5-7-19(30)8-6-16/h5-8,11,14,17,25-26,33H,4,9-10,12-13H2,1-3H3/t17-,25-,26?/m1/s1. The lowest BCUT2D eigenvalue weighted by atomic mass is 9.66. The van der Waals surface area contributed by atoms with Crippen LogP contribution < -0.4 is 4.74 Å². The maximum absolute atomic E-state index is 13.8. The van der Waals surface area contributed by atoms with Gasteiger partial charge in [0.2, 0.25) is 0 Å². The fourth-order valence-corrected chi connectivity index (χ4v) is 5.69. The van der Waals surface area contributed by atoms with Crippen molar-refractivity contribution in [2.24, 2.45) is 10.9 Å². The Kier molecular flexibility index (Phi) is 8.72. The van der Waals surface area contributed by atoms with Crippen molar-refractivity contribution in [3.8, 4) is 11.5 Å². The summed E-state index contributed by atoms with van der Waals surface area (Å²) in [5, 5.41) is 11.1. The molecule has 1 heterocycles. The largest absolute Gasteiger partial charge is 0.503 e. The molecule has 2 aliphatic rings. The zero-order valence-corrected chi connectivity index (χ0v) is 23.3. The molecule has 0 aromatic heterocycles. The second-order valence-electron chi connectivity index (χ2n) is 9.09. The second-order valence-corrected chi connectivity index (χ2v) is 10.4. The number of nitrogens with zero attached hydrogens (tertiary/aromatic N) is 1. The molecule has 1 N–H and O–H groups in total. The number of hydrogen-bond donors (Lipinski definition) is 1. The first-order valence-electron chi connectivity index (χ1n) is 12.1. The Labute approximate surface area is 229 Å². The number of allylic oxidation sites excluding steroid dienone is 1. The van der Waals surface area contributed by atoms with Crippen LogP contribution in [0.2, 0.25) is 5.02 Å². The van der Waals surface area contributed by atoms with Crippen LogP contribution in [0.3, 0.4) is 0 Å². The highest BCUT2D eigenvalue weighted by Gasteiger charge is 2.46. The highest BCUT2D eigenvalue weighted by Crippen LogP contribution is 2.48. The van der Waals surface area contributed by atoms with E-state index in [2.05, 4.69) is 15.9 Å². The van der Waals surface area contributed by atoms with Gasteiger partial charge >= 0.3 is 5.97 Å². The van der Waals surface area contributed by atoms with Gasteiger partial charge in [-0.3, -0.25) is 9.79 Å². The summed E-state index contributed by atoms with van der Waals surface area (Å²) in [6, 6.07) is 10.9. The summed E-state index contributed by atoms with van der Waals surface area (Å²) in [6.45, 7) is 4.25. The Bertz CT molecular complexity index is 1260. The minimum absolute atomic E-state index is 0.00759. The number of methoxy groups -OCH3 is 1. The number of ether oxygens (including phenoxy) is 3. The van der Waals surface area contributed by atoms with Crippen LogP contribution in [0, 0.1) is 5.92 Å². The highest BCUT2D eigenvalue weighted by molar-refractivity contribution is 9.10. The molecular formula is C28H29BrClNO6. The molecule has 1 aliphatic heterocycles. The average Bonchev–Trinajstić information content (AvgIpc) is 2.86. The molecule has 1 aliphatic carbocycles. The fourth-order valence-electron chi connectivity index (χ4n) is 5.11. The lowest BCUT2D eigenvalue weighted by molar-refractivity contribution is -0.140. The van der Waals surface area contributed by atoms with Crippen molar-refractivity contribution in [1.29, 1.82) is 0 Å². The van der Waals surface area contributed by atoms with Crippen LogP contribution in [-0.2, 0) is 19.1 Å². The molecule has 9 heteroatoms. The third-order valence-electron chi connectivity index (χ3n) is 6.75. The number of halogens is 2. The van der Waals surface area contributed by atoms with Crippen LogP contribution >= 0.6 is 27.5 Å². The Morgan fingerprint density at radius 1 is 1.14 bits per heavy atom. The Balaban J connectivity index is 1.80. The average molecular weight is 591 g/mol. The Hall–Kier alpha value is -2.68. The van der Waals surface area contributed by atoms with Crippen molar-refractivity contribution in [2.45, 2.75) is 38.5 Å². The molecule has 1 unspecified atom stereocenters. The summed E-state index contributed by atoms with van der Waals surface area (Å²) >= 11 is 9.47. The third kappa shape index (κ3) is 5.76. The van der Waals surface area contributed by atoms with Crippen molar-refractivity contribution >= 4 is 45.0 Å². The van der Waals surface area contributed by atoms with Crippen LogP contribution in [0.5, 0.6) is 11.5 Å². The van der Waals surface area contributed by atoms with Gasteiger partial charge in [0.1, 0.15) is 12.4 Å². The third-order valence-corrected chi connectivity index (χ3v) is 7.60. The lowest BCUT2D eigenvalue weighted by Crippen LogP contribution is -2.41. The number of esters is 1. The highest BCUT2D eigenvalue weighted by atomic mass is 79.9. The van der Waals surface area contributed by atoms with Crippen molar-refractivity contribution in [3.63, 3.8) is 0 Å². The normalized spacial score (nSPS) is 21.4. The zero-order valence-electron chi connectivity index (χ0n) is 20.9. The van der Waals surface area contributed by atoms with Gasteiger partial charge in [-0.2, -0.15) is 0 Å². The minimum Gasteiger partial charge on any atom is -0.503 e. The molecule has 0 saturated heterocycles. The number of aliphatic imine (C=N–C) groups is 1. The summed E-state index contributed by atoms with van der Waals surface area (Å²) in [5.41, 5.74) is 3.23. The van der Waals surface area contributed by atoms with E-state index in [-0.39, 0.29) is 36.4 Å². The number of hydrogen-bond acceptors (Lipinski definition) is 7. The van der Waals surface area contributed by atoms with Crippen LogP contribution in [0.15, 0.2) is 57.1 Å². The van der Waals surface area contributed by atoms with E-state index in [1.54, 1.807) is 19.1 Å². The first-order valence-corrected chi connectivity index (χ1v) is 13.3. The van der Waals surface area contributed by atoms with Gasteiger partial charge in [-0.25, -0.2) is 4.79 Å². The molecule has 7 nitrogen and oxygen atoms in total. The van der Waals surface area contributed by atoms with E-state index >= 15 is 0 Å². The Morgan fingerprint density at radius 2 is 1.86 bits per heavy atom. The fraction of sp³-hybridized carbons (Fsp3) is 0.393. The molecular weight excluding hydrogens is 562 g/mol. The van der Waals surface area contributed by atoms with Crippen LogP contribution in [0.4, 0.5) is 0 Å². The van der Waals surface area contributed by atoms with Crippen LogP contribution in [0.25, 0.3) is 0 Å². The van der Waals surface area contributed by atoms with Crippen molar-refractivity contribution < 1.29 is 28.9 Å². The van der Waals surface area contributed by atoms with Crippen LogP contribution in [0.1, 0.15) is 49.7 Å². The first-order chi connectivity index (χ1) is 17.7. The molecule has 0 bridgehead atoms. The van der Waals surface area contributed by atoms with E-state index in [1.165, 1.54) is 7.11 Å². The predicted octanol–water partition coefficient (Wildman–Crippen LogP) is 5.97. The van der Waals surface area contributed by atoms with Gasteiger partial charge < -0.3 is 19.3 Å². The summed E-state index contributed by atoms with van der Waals surface area (Å²) < 4.78 is 16.6. The second kappa shape index (κ2) is 11.8. The number of carbonyl (C=O) groups is 2. The zero-order chi connectivity index (χ0) is 26.7. The number of ketones is 1. The van der Waals surface area contributed by atoms with Gasteiger partial charge in [-0.15, -0.1) is 0 Å². The molecule has 0 spiro atoms. The summed E-state index contributed by atoms with van der Waals surface area (Å²) in [6.07, 6.45) is 0.889. The first kappa shape index (κ1) is 27.4. The lowest BCUT2D eigenvalue weighted by Gasteiger charge is -2.38. The van der Waals surface area contributed by atoms with E-state index in [4.69, 9.17) is 30.8 Å². The molecule has 1 saturated carbocycles. The molecule has 37 heavy (non-hydrogen) atoms. The van der Waals surface area contributed by atoms with E-state index in [0.717, 1.165) is 11.3 Å². The molecule has 196 valence electrons. The number of phenolic OH excluding ortho intramolecular Hbond substituents is 1. The maximum Gasteiger partial charge on any atom is 0.336 e. The molecule has 2 aromatic rings. The molecule has 0 amide bonds. The number of aromatic hydroxyl groups is 1. The van der Waals surface area contributed by atoms with Gasteiger partial charge in [0.15, 0.2) is 11.5 Å². The molecule has 3 atom stereocenters. The van der Waals surface area contributed by atoms with E-state index in [0.29, 0.717) is 45.8 Å². The topological polar surface area (TPSA) is 94.4 Å². The molecule has 0 radical (unpaired) electrons. The smallest absolute Gasteiger partial charge is 0.336 e. The van der Waals surface area contributed by atoms with Gasteiger partial charge in [0.05, 0.1) is 29.2 Å². The van der Waals surface area contributed by atoms with E-state index in [1.807, 2.05) is 31.2 Å². The number of rotatable bonds is 8. The minimum atomic E-state index is -0.641. The maximum atomic E-state index is 13.8. The quantitative estimate of drug-likeness (QED) is 0.301. The summed E-state index contributed by atoms with van der Waals surface area (Å²) in [4.78, 5) is 31.9. The van der Waals surface area contributed by atoms with Crippen LogP contribution in [-0.4, -0.2) is 49.5 Å². The molecule has 2 aromatic carbocycles. The van der Waals surface area contributed by atoms with Gasteiger partial charge in [0, 0.05) is 35.9 Å². The predicted molar refractivity (Wildman–Crippen MR) is 145 cm³/mol. The molecule has 1 fully saturated rings. The number of Topliss-reactive ketones (excluding diaryl/α,β-unsaturated/α-hetero) is 1. The van der Waals surface area contributed by atoms with Gasteiger partial charge in [0.25, 0.3) is 0 Å². The summed E-state index contributed by atoms with van der Waals surface area (Å²) in [7, 11) is 1.53. The van der Waals surface area contributed by atoms with E-state index < -0.39 is 17.8 Å². The Morgan fingerprint density at radius 3 is 2.54 bits per heavy atom. The monoisotopic (exact) mass is 589 g/mol. The number of fused-ring (bicyclic) bond motifs is 1. The SMILES string of the molecule is CCOc1cc([C@@H]2C(C(=O)OCCOC)=C(C)N=C3C[C@@H](c4ccc(Cl)cc4)CC(=O)C32)cc(Br)c1O. The number of benzene rings is 2.